The van der Waals surface area contributed by atoms with Crippen LogP contribution in [-0.2, 0) is 0 Å². The molecule has 0 bridgehead atoms. The van der Waals surface area contributed by atoms with Crippen LogP contribution in [0.2, 0.25) is 5.02 Å². The van der Waals surface area contributed by atoms with Crippen molar-refractivity contribution in [3.63, 3.8) is 0 Å². The predicted octanol–water partition coefficient (Wildman–Crippen LogP) is 7.18. The molecule has 12 heteroatoms. The van der Waals surface area contributed by atoms with E-state index in [-0.39, 0.29) is 40.0 Å². The average Bonchev–Trinajstić information content (AvgIpc) is 3.66. The Morgan fingerprint density at radius 3 is 2.22 bits per heavy atom. The molecule has 0 atom stereocenters. The van der Waals surface area contributed by atoms with E-state index in [1.807, 2.05) is 32.0 Å². The summed E-state index contributed by atoms with van der Waals surface area (Å²) in [5.74, 6) is -0.265. The number of likely N-dealkylation sites (N-methyl/N-ethyl adjacent to an activating group) is 2. The largest absolute Gasteiger partial charge is 0.436 e. The standard InChI is InChI=1S/C38H44ClN7O4/c1-6-45(7-2)22-21-44(5)36(48)27-13-16-29(17-14-27)41-38-40-24-30(34(47)42-33-25(3)11-10-12-26(33)4)35(43-38)50-32-18-15-28(23-31(32)39)37(49)46-19-8-9-20-46/h10-18,23-24H,6-9,19-22H2,1-5H3,(H,42,47)(H,40,41,43). The highest BCUT2D eigenvalue weighted by Gasteiger charge is 2.23. The number of anilines is 3. The third kappa shape index (κ3) is 8.77. The number of ether oxygens (including phenoxy) is 1. The molecule has 1 aliphatic heterocycles. The first-order chi connectivity index (χ1) is 24.1. The second-order valence-corrected chi connectivity index (χ2v) is 12.7. The number of carbonyl (C=O) groups excluding carboxylic acids is 3. The van der Waals surface area contributed by atoms with Gasteiger partial charge in [0.15, 0.2) is 0 Å². The van der Waals surface area contributed by atoms with Gasteiger partial charge in [0.25, 0.3) is 17.7 Å². The van der Waals surface area contributed by atoms with Crippen LogP contribution in [0.5, 0.6) is 11.6 Å². The number of benzene rings is 3. The van der Waals surface area contributed by atoms with Gasteiger partial charge in [-0.1, -0.05) is 43.6 Å². The van der Waals surface area contributed by atoms with Gasteiger partial charge in [-0.05, 0) is 93.4 Å². The maximum absolute atomic E-state index is 13.6. The fourth-order valence-electron chi connectivity index (χ4n) is 5.75. The molecule has 1 aromatic heterocycles. The van der Waals surface area contributed by atoms with Crippen molar-refractivity contribution in [1.29, 1.82) is 0 Å². The van der Waals surface area contributed by atoms with E-state index in [1.165, 1.54) is 6.20 Å². The zero-order chi connectivity index (χ0) is 35.8. The van der Waals surface area contributed by atoms with Gasteiger partial charge in [-0.15, -0.1) is 0 Å². The van der Waals surface area contributed by atoms with Crippen LogP contribution >= 0.6 is 11.6 Å². The van der Waals surface area contributed by atoms with Crippen molar-refractivity contribution >= 4 is 46.6 Å². The van der Waals surface area contributed by atoms with E-state index in [0.717, 1.165) is 56.7 Å². The van der Waals surface area contributed by atoms with Gasteiger partial charge in [-0.25, -0.2) is 4.98 Å². The number of halogens is 1. The molecular formula is C38H44ClN7O4. The lowest BCUT2D eigenvalue weighted by Crippen LogP contribution is -2.36. The third-order valence-electron chi connectivity index (χ3n) is 8.88. The summed E-state index contributed by atoms with van der Waals surface area (Å²) in [6.07, 6.45) is 3.35. The minimum absolute atomic E-state index is 0.0339. The number of hydrogen-bond acceptors (Lipinski definition) is 8. The van der Waals surface area contributed by atoms with Crippen LogP contribution in [0.1, 0.15) is 68.9 Å². The van der Waals surface area contributed by atoms with Crippen molar-refractivity contribution in [2.24, 2.45) is 0 Å². The van der Waals surface area contributed by atoms with Crippen LogP contribution in [-0.4, -0.2) is 88.7 Å². The molecule has 3 aromatic carbocycles. The Bertz CT molecular complexity index is 1820. The van der Waals surface area contributed by atoms with E-state index >= 15 is 0 Å². The number of likely N-dealkylation sites (tertiary alicyclic amines) is 1. The van der Waals surface area contributed by atoms with Crippen LogP contribution in [0.3, 0.4) is 0 Å². The quantitative estimate of drug-likeness (QED) is 0.151. The summed E-state index contributed by atoms with van der Waals surface area (Å²) in [7, 11) is 1.80. The van der Waals surface area contributed by atoms with Gasteiger partial charge in [-0.3, -0.25) is 14.4 Å². The lowest BCUT2D eigenvalue weighted by Gasteiger charge is -2.23. The average molecular weight is 698 g/mol. The first kappa shape index (κ1) is 36.3. The normalized spacial score (nSPS) is 12.6. The van der Waals surface area contributed by atoms with E-state index < -0.39 is 5.91 Å². The highest BCUT2D eigenvalue weighted by atomic mass is 35.5. The molecule has 0 saturated carbocycles. The van der Waals surface area contributed by atoms with Gasteiger partial charge in [0.05, 0.1) is 5.02 Å². The molecule has 0 spiro atoms. The Balaban J connectivity index is 1.37. The SMILES string of the molecule is CCN(CC)CCN(C)C(=O)c1ccc(Nc2ncc(C(=O)Nc3c(C)cccc3C)c(Oc3ccc(C(=O)N4CCCC4)cc3Cl)n2)cc1. The molecule has 262 valence electrons. The Labute approximate surface area is 298 Å². The number of aryl methyl sites for hydroxylation is 2. The first-order valence-electron chi connectivity index (χ1n) is 16.9. The van der Waals surface area contributed by atoms with Crippen LogP contribution in [0, 0.1) is 13.8 Å². The molecule has 1 fully saturated rings. The molecule has 3 amide bonds. The van der Waals surface area contributed by atoms with Crippen molar-refractivity contribution in [2.45, 2.75) is 40.5 Å². The number of hydrogen-bond donors (Lipinski definition) is 2. The van der Waals surface area contributed by atoms with E-state index in [4.69, 9.17) is 16.3 Å². The molecule has 50 heavy (non-hydrogen) atoms. The summed E-state index contributed by atoms with van der Waals surface area (Å²) >= 11 is 6.63. The highest BCUT2D eigenvalue weighted by molar-refractivity contribution is 6.32. The van der Waals surface area contributed by atoms with Crippen molar-refractivity contribution in [3.8, 4) is 11.6 Å². The first-order valence-corrected chi connectivity index (χ1v) is 17.3. The van der Waals surface area contributed by atoms with E-state index in [9.17, 15) is 14.4 Å². The molecule has 1 saturated heterocycles. The number of carbonyl (C=O) groups is 3. The smallest absolute Gasteiger partial charge is 0.262 e. The second kappa shape index (κ2) is 16.6. The number of amides is 3. The topological polar surface area (TPSA) is 120 Å². The predicted molar refractivity (Wildman–Crippen MR) is 197 cm³/mol. The zero-order valence-corrected chi connectivity index (χ0v) is 30.0. The van der Waals surface area contributed by atoms with Gasteiger partial charge < -0.3 is 30.1 Å². The number of para-hydroxylation sites is 1. The number of nitrogens with one attached hydrogen (secondary N) is 2. The van der Waals surface area contributed by atoms with Crippen molar-refractivity contribution in [1.82, 2.24) is 24.7 Å². The summed E-state index contributed by atoms with van der Waals surface area (Å²) in [5.41, 5.74) is 4.22. The summed E-state index contributed by atoms with van der Waals surface area (Å²) in [5, 5.41) is 6.30. The van der Waals surface area contributed by atoms with Crippen LogP contribution < -0.4 is 15.4 Å². The molecule has 0 aliphatic carbocycles. The van der Waals surface area contributed by atoms with E-state index in [2.05, 4.69) is 39.3 Å². The molecular weight excluding hydrogens is 654 g/mol. The third-order valence-corrected chi connectivity index (χ3v) is 9.17. The van der Waals surface area contributed by atoms with Gasteiger partial charge in [0, 0.05) is 61.9 Å². The van der Waals surface area contributed by atoms with Crippen LogP contribution in [0.15, 0.2) is 66.9 Å². The van der Waals surface area contributed by atoms with Gasteiger partial charge in [-0.2, -0.15) is 4.98 Å². The monoisotopic (exact) mass is 697 g/mol. The Hall–Kier alpha value is -5.00. The molecule has 2 N–H and O–H groups in total. The number of nitrogens with zero attached hydrogens (tertiary/aromatic N) is 5. The van der Waals surface area contributed by atoms with Gasteiger partial charge >= 0.3 is 0 Å². The minimum atomic E-state index is -0.464. The molecule has 0 radical (unpaired) electrons. The van der Waals surface area contributed by atoms with E-state index in [1.54, 1.807) is 59.3 Å². The highest BCUT2D eigenvalue weighted by Crippen LogP contribution is 2.33. The maximum Gasteiger partial charge on any atom is 0.262 e. The molecule has 0 unspecified atom stereocenters. The van der Waals surface area contributed by atoms with Crippen LogP contribution in [0.4, 0.5) is 17.3 Å². The molecule has 4 aromatic rings. The number of aromatic nitrogens is 2. The fourth-order valence-corrected chi connectivity index (χ4v) is 5.97. The molecule has 1 aliphatic rings. The second-order valence-electron chi connectivity index (χ2n) is 12.3. The summed E-state index contributed by atoms with van der Waals surface area (Å²) in [6.45, 7) is 12.8. The Kier molecular flexibility index (Phi) is 12.0. The van der Waals surface area contributed by atoms with Crippen LogP contribution in [0.25, 0.3) is 0 Å². The van der Waals surface area contributed by atoms with Crippen molar-refractivity contribution < 1.29 is 19.1 Å². The maximum atomic E-state index is 13.6. The zero-order valence-electron chi connectivity index (χ0n) is 29.3. The Morgan fingerprint density at radius 2 is 1.58 bits per heavy atom. The van der Waals surface area contributed by atoms with Crippen molar-refractivity contribution in [2.75, 3.05) is 56.9 Å². The molecule has 2 heterocycles. The Morgan fingerprint density at radius 1 is 0.920 bits per heavy atom. The summed E-state index contributed by atoms with van der Waals surface area (Å²) in [6, 6.07) is 17.6. The minimum Gasteiger partial charge on any atom is -0.436 e. The number of rotatable bonds is 13. The van der Waals surface area contributed by atoms with Gasteiger partial charge in [0.1, 0.15) is 11.3 Å². The lowest BCUT2D eigenvalue weighted by molar-refractivity contribution is 0.0776. The fraction of sp³-hybridized carbons (Fsp3) is 0.342. The molecule has 11 nitrogen and oxygen atoms in total. The summed E-state index contributed by atoms with van der Waals surface area (Å²) < 4.78 is 6.17. The van der Waals surface area contributed by atoms with Gasteiger partial charge in [0.2, 0.25) is 11.8 Å². The lowest BCUT2D eigenvalue weighted by atomic mass is 10.1. The van der Waals surface area contributed by atoms with Crippen molar-refractivity contribution in [3.05, 3.63) is 99.7 Å². The van der Waals surface area contributed by atoms with E-state index in [0.29, 0.717) is 29.0 Å². The summed E-state index contributed by atoms with van der Waals surface area (Å²) in [4.78, 5) is 54.4. The molecule has 5 rings (SSSR count).